The van der Waals surface area contributed by atoms with Crippen LogP contribution in [0.15, 0.2) is 42.5 Å². The predicted molar refractivity (Wildman–Crippen MR) is 153 cm³/mol. The fourth-order valence-corrected chi connectivity index (χ4v) is 6.33. The second-order valence-corrected chi connectivity index (χ2v) is 12.0. The number of aromatic nitrogens is 2. The first-order valence-corrected chi connectivity index (χ1v) is 14.5. The molecule has 1 saturated carbocycles. The monoisotopic (exact) mass is 603 g/mol. The lowest BCUT2D eigenvalue weighted by molar-refractivity contribution is -0.137. The van der Waals surface area contributed by atoms with Gasteiger partial charge in [-0.05, 0) is 66.5 Å². The Kier molecular flexibility index (Phi) is 8.06. The van der Waals surface area contributed by atoms with Gasteiger partial charge in [0.05, 0.1) is 23.5 Å². The molecule has 9 nitrogen and oxygen atoms in total. The highest BCUT2D eigenvalue weighted by Gasteiger charge is 2.55. The summed E-state index contributed by atoms with van der Waals surface area (Å²) in [6.07, 6.45) is -3.91. The third-order valence-corrected chi connectivity index (χ3v) is 8.38. The molecule has 2 aliphatic rings. The van der Waals surface area contributed by atoms with Gasteiger partial charge in [0.15, 0.2) is 0 Å². The van der Waals surface area contributed by atoms with E-state index in [0.29, 0.717) is 42.0 Å². The van der Waals surface area contributed by atoms with E-state index in [0.717, 1.165) is 18.5 Å². The Hall–Kier alpha value is -3.87. The van der Waals surface area contributed by atoms with Gasteiger partial charge in [-0.25, -0.2) is 9.59 Å². The molecule has 2 aromatic carbocycles. The van der Waals surface area contributed by atoms with E-state index < -0.39 is 23.2 Å². The first-order valence-electron chi connectivity index (χ1n) is 13.7. The Labute approximate surface area is 245 Å². The van der Waals surface area contributed by atoms with Gasteiger partial charge in [-0.3, -0.25) is 0 Å². The number of alkyl halides is 3. The zero-order chi connectivity index (χ0) is 30.2. The molecular formula is C29H32F3N5O4S. The standard InChI is InChI=1S/C29H32F3N5O4S/c1-4-41-24(38)21-8-6-5-7-20(21)18-9-10-23(22(11-18)33-26-34-25(42-35-26)29(30,31)32)37(14-17(2)3)19-12-28(13-19)15-36(16-28)27(39)40/h5-11,17,19H,4,12-16H2,1-3H3,(H,33,35)(H,39,40). The van der Waals surface area contributed by atoms with Gasteiger partial charge in [-0.1, -0.05) is 38.1 Å². The van der Waals surface area contributed by atoms with E-state index in [1.54, 1.807) is 37.3 Å². The highest BCUT2D eigenvalue weighted by Crippen LogP contribution is 2.52. The molecular weight excluding hydrogens is 571 g/mol. The minimum atomic E-state index is -4.61. The average Bonchev–Trinajstić information content (AvgIpc) is 3.35. The summed E-state index contributed by atoms with van der Waals surface area (Å²) in [4.78, 5) is 31.3. The molecule has 2 heterocycles. The van der Waals surface area contributed by atoms with Crippen molar-refractivity contribution in [1.29, 1.82) is 0 Å². The number of carbonyl (C=O) groups excluding carboxylic acids is 1. The van der Waals surface area contributed by atoms with Crippen molar-refractivity contribution in [3.8, 4) is 11.1 Å². The molecule has 2 N–H and O–H groups in total. The van der Waals surface area contributed by atoms with E-state index in [2.05, 4.69) is 33.4 Å². The first kappa shape index (κ1) is 29.6. The number of hydrogen-bond acceptors (Lipinski definition) is 8. The highest BCUT2D eigenvalue weighted by molar-refractivity contribution is 7.05. The van der Waals surface area contributed by atoms with Gasteiger partial charge >= 0.3 is 18.2 Å². The molecule has 0 atom stereocenters. The molecule has 1 spiro atoms. The zero-order valence-electron chi connectivity index (χ0n) is 23.4. The fraction of sp³-hybridized carbons (Fsp3) is 0.448. The molecule has 42 heavy (non-hydrogen) atoms. The Morgan fingerprint density at radius 3 is 2.55 bits per heavy atom. The number of carbonyl (C=O) groups is 2. The number of amides is 1. The lowest BCUT2D eigenvalue weighted by Gasteiger charge is -2.60. The molecule has 0 bridgehead atoms. The quantitative estimate of drug-likeness (QED) is 0.259. The van der Waals surface area contributed by atoms with E-state index in [1.807, 2.05) is 12.1 Å². The van der Waals surface area contributed by atoms with Gasteiger partial charge in [0, 0.05) is 31.1 Å². The third-order valence-electron chi connectivity index (χ3n) is 7.62. The minimum Gasteiger partial charge on any atom is -0.465 e. The highest BCUT2D eigenvalue weighted by atomic mass is 32.1. The van der Waals surface area contributed by atoms with Gasteiger partial charge in [-0.2, -0.15) is 22.5 Å². The SMILES string of the molecule is CCOC(=O)c1ccccc1-c1ccc(N(CC(C)C)C2CC3(C2)CN(C(=O)O)C3)c(Nc2nsc(C(F)(F)F)n2)c1. The van der Waals surface area contributed by atoms with Gasteiger partial charge in [-0.15, -0.1) is 0 Å². The number of nitrogens with zero attached hydrogens (tertiary/aromatic N) is 4. The Morgan fingerprint density at radius 1 is 1.21 bits per heavy atom. The maximum atomic E-state index is 13.3. The molecule has 13 heteroatoms. The second-order valence-electron chi connectivity index (χ2n) is 11.3. The molecule has 0 unspecified atom stereocenters. The molecule has 1 saturated heterocycles. The maximum Gasteiger partial charge on any atom is 0.444 e. The molecule has 3 aromatic rings. The summed E-state index contributed by atoms with van der Waals surface area (Å²) in [5.74, 6) is -0.375. The zero-order valence-corrected chi connectivity index (χ0v) is 24.3. The molecule has 224 valence electrons. The van der Waals surface area contributed by atoms with Gasteiger partial charge in [0.25, 0.3) is 0 Å². The van der Waals surface area contributed by atoms with Crippen LogP contribution in [0.2, 0.25) is 0 Å². The number of benzene rings is 2. The summed E-state index contributed by atoms with van der Waals surface area (Å²) < 4.78 is 49.0. The number of anilines is 3. The van der Waals surface area contributed by atoms with Crippen molar-refractivity contribution >= 4 is 40.9 Å². The summed E-state index contributed by atoms with van der Waals surface area (Å²) in [5, 5.41) is 11.3. The van der Waals surface area contributed by atoms with E-state index >= 15 is 0 Å². The van der Waals surface area contributed by atoms with Crippen molar-refractivity contribution in [2.24, 2.45) is 11.3 Å². The normalized spacial score (nSPS) is 16.2. The van der Waals surface area contributed by atoms with Crippen LogP contribution in [0.5, 0.6) is 0 Å². The summed E-state index contributed by atoms with van der Waals surface area (Å²) in [6.45, 7) is 7.81. The molecule has 1 aliphatic heterocycles. The molecule has 1 aromatic heterocycles. The number of hydrogen-bond donors (Lipinski definition) is 2. The lowest BCUT2D eigenvalue weighted by Crippen LogP contribution is -2.67. The van der Waals surface area contributed by atoms with Crippen molar-refractivity contribution < 1.29 is 32.6 Å². The average molecular weight is 604 g/mol. The van der Waals surface area contributed by atoms with E-state index in [1.165, 1.54) is 4.90 Å². The second kappa shape index (κ2) is 11.4. The number of likely N-dealkylation sites (tertiary alicyclic amines) is 1. The van der Waals surface area contributed by atoms with Crippen molar-refractivity contribution in [1.82, 2.24) is 14.3 Å². The van der Waals surface area contributed by atoms with Crippen LogP contribution in [0.3, 0.4) is 0 Å². The van der Waals surface area contributed by atoms with Crippen molar-refractivity contribution in [3.63, 3.8) is 0 Å². The predicted octanol–water partition coefficient (Wildman–Crippen LogP) is 6.75. The van der Waals surface area contributed by atoms with Crippen LogP contribution >= 0.6 is 11.5 Å². The van der Waals surface area contributed by atoms with Crippen molar-refractivity contribution in [2.75, 3.05) is 36.5 Å². The fourth-order valence-electron chi connectivity index (χ4n) is 5.84. The summed E-state index contributed by atoms with van der Waals surface area (Å²) in [7, 11) is 0. The van der Waals surface area contributed by atoms with Crippen LogP contribution in [0, 0.1) is 11.3 Å². The van der Waals surface area contributed by atoms with Gasteiger partial charge in [0.2, 0.25) is 11.0 Å². The number of nitrogens with one attached hydrogen (secondary N) is 1. The summed E-state index contributed by atoms with van der Waals surface area (Å²) in [6, 6.07) is 12.7. The van der Waals surface area contributed by atoms with Crippen molar-refractivity contribution in [3.05, 3.63) is 53.0 Å². The number of ether oxygens (including phenoxy) is 1. The molecule has 1 amide bonds. The molecule has 5 rings (SSSR count). The van der Waals surface area contributed by atoms with E-state index in [9.17, 15) is 27.9 Å². The van der Waals surface area contributed by atoms with Crippen LogP contribution in [0.1, 0.15) is 49.0 Å². The van der Waals surface area contributed by atoms with E-state index in [-0.39, 0.29) is 41.5 Å². The lowest BCUT2D eigenvalue weighted by atomic mass is 9.60. The number of esters is 1. The smallest absolute Gasteiger partial charge is 0.444 e. The van der Waals surface area contributed by atoms with Crippen LogP contribution in [0.4, 0.5) is 35.3 Å². The van der Waals surface area contributed by atoms with Crippen LogP contribution in [-0.2, 0) is 10.9 Å². The van der Waals surface area contributed by atoms with E-state index in [4.69, 9.17) is 4.74 Å². The number of rotatable bonds is 9. The topological polar surface area (TPSA) is 108 Å². The molecule has 0 radical (unpaired) electrons. The summed E-state index contributed by atoms with van der Waals surface area (Å²) in [5.41, 5.74) is 2.88. The Bertz CT molecular complexity index is 1460. The molecule has 2 fully saturated rings. The summed E-state index contributed by atoms with van der Waals surface area (Å²) >= 11 is 0.272. The van der Waals surface area contributed by atoms with Crippen molar-refractivity contribution in [2.45, 2.75) is 45.8 Å². The van der Waals surface area contributed by atoms with Crippen LogP contribution < -0.4 is 10.2 Å². The Balaban J connectivity index is 1.52. The van der Waals surface area contributed by atoms with Crippen LogP contribution in [-0.4, -0.2) is 63.7 Å². The molecule has 1 aliphatic carbocycles. The largest absolute Gasteiger partial charge is 0.465 e. The van der Waals surface area contributed by atoms with Gasteiger partial charge in [0.1, 0.15) is 0 Å². The number of carboxylic acid groups (broad SMARTS) is 1. The maximum absolute atomic E-state index is 13.3. The minimum absolute atomic E-state index is 0.0392. The Morgan fingerprint density at radius 2 is 1.93 bits per heavy atom. The third kappa shape index (κ3) is 6.01. The van der Waals surface area contributed by atoms with Gasteiger partial charge < -0.3 is 25.0 Å². The number of halogens is 3. The first-order chi connectivity index (χ1) is 19.9. The van der Waals surface area contributed by atoms with Crippen LogP contribution in [0.25, 0.3) is 11.1 Å².